The molecule has 0 atom stereocenters. The van der Waals surface area contributed by atoms with Gasteiger partial charge in [-0.3, -0.25) is 14.7 Å². The summed E-state index contributed by atoms with van der Waals surface area (Å²) in [4.78, 5) is 23.5. The van der Waals surface area contributed by atoms with Crippen molar-refractivity contribution in [1.29, 1.82) is 0 Å². The number of pyridine rings is 1. The third-order valence-corrected chi connectivity index (χ3v) is 5.38. The Morgan fingerprint density at radius 3 is 2.63 bits per heavy atom. The van der Waals surface area contributed by atoms with Gasteiger partial charge in [0.1, 0.15) is 17.3 Å². The first-order valence-corrected chi connectivity index (χ1v) is 9.97. The summed E-state index contributed by atoms with van der Waals surface area (Å²) in [6.07, 6.45) is 1.68. The van der Waals surface area contributed by atoms with E-state index in [1.165, 1.54) is 35.6 Å². The second-order valence-electron chi connectivity index (χ2n) is 6.37. The lowest BCUT2D eigenvalue weighted by atomic mass is 10.3. The number of carbonyl (C=O) groups is 1. The molecule has 0 aliphatic carbocycles. The van der Waals surface area contributed by atoms with Gasteiger partial charge < -0.3 is 9.47 Å². The van der Waals surface area contributed by atoms with Crippen molar-refractivity contribution >= 4 is 32.6 Å². The van der Waals surface area contributed by atoms with Crippen molar-refractivity contribution in [2.45, 2.75) is 6.54 Å². The zero-order chi connectivity index (χ0) is 20.9. The molecule has 152 valence electrons. The molecule has 0 saturated heterocycles. The molecule has 0 N–H and O–H groups in total. The number of amides is 1. The monoisotopic (exact) mass is 423 g/mol. The van der Waals surface area contributed by atoms with E-state index in [0.717, 1.165) is 21.7 Å². The highest BCUT2D eigenvalue weighted by Gasteiger charge is 2.21. The lowest BCUT2D eigenvalue weighted by Crippen LogP contribution is -2.34. The van der Waals surface area contributed by atoms with Crippen molar-refractivity contribution in [3.05, 3.63) is 78.4 Å². The van der Waals surface area contributed by atoms with Crippen molar-refractivity contribution in [3.63, 3.8) is 0 Å². The van der Waals surface area contributed by atoms with Gasteiger partial charge in [-0.05, 0) is 54.6 Å². The molecular weight excluding hydrogens is 405 g/mol. The van der Waals surface area contributed by atoms with E-state index in [-0.39, 0.29) is 24.9 Å². The van der Waals surface area contributed by atoms with Gasteiger partial charge in [0.25, 0.3) is 5.91 Å². The third kappa shape index (κ3) is 4.55. The number of rotatable bonds is 7. The molecule has 0 saturated carbocycles. The smallest absolute Gasteiger partial charge is 0.267 e. The molecule has 2 aromatic heterocycles. The second-order valence-corrected chi connectivity index (χ2v) is 7.38. The molecule has 6 nitrogen and oxygen atoms in total. The highest BCUT2D eigenvalue weighted by atomic mass is 32.1. The maximum absolute atomic E-state index is 13.1. The molecule has 0 fully saturated rings. The van der Waals surface area contributed by atoms with Gasteiger partial charge in [0.05, 0.1) is 29.6 Å². The Morgan fingerprint density at radius 1 is 1.10 bits per heavy atom. The van der Waals surface area contributed by atoms with Crippen LogP contribution in [0.25, 0.3) is 10.2 Å². The minimum absolute atomic E-state index is 0.211. The standard InChI is InChI=1S/C22H18FN3O3S/c1-28-18-9-10-19-20(12-18)30-22(25-19)26(13-16-4-2-3-11-24-16)21(27)14-29-17-7-5-15(23)6-8-17/h2-12H,13-14H2,1H3. The summed E-state index contributed by atoms with van der Waals surface area (Å²) in [5, 5.41) is 0.539. The fourth-order valence-corrected chi connectivity index (χ4v) is 3.82. The number of aromatic nitrogens is 2. The summed E-state index contributed by atoms with van der Waals surface area (Å²) in [6, 6.07) is 16.6. The number of fused-ring (bicyclic) bond motifs is 1. The number of nitrogens with zero attached hydrogens (tertiary/aromatic N) is 3. The van der Waals surface area contributed by atoms with Gasteiger partial charge in [-0.1, -0.05) is 17.4 Å². The Morgan fingerprint density at radius 2 is 1.90 bits per heavy atom. The van der Waals surface area contributed by atoms with E-state index in [1.54, 1.807) is 18.2 Å². The number of anilines is 1. The van der Waals surface area contributed by atoms with Gasteiger partial charge in [0, 0.05) is 6.20 Å². The maximum Gasteiger partial charge on any atom is 0.267 e. The summed E-state index contributed by atoms with van der Waals surface area (Å²) >= 11 is 1.39. The van der Waals surface area contributed by atoms with Crippen LogP contribution in [0.1, 0.15) is 5.69 Å². The van der Waals surface area contributed by atoms with Crippen LogP contribution < -0.4 is 14.4 Å². The molecule has 0 unspecified atom stereocenters. The van der Waals surface area contributed by atoms with Crippen LogP contribution in [-0.4, -0.2) is 29.6 Å². The van der Waals surface area contributed by atoms with Crippen molar-refractivity contribution in [1.82, 2.24) is 9.97 Å². The van der Waals surface area contributed by atoms with Gasteiger partial charge in [0.15, 0.2) is 11.7 Å². The highest BCUT2D eigenvalue weighted by Crippen LogP contribution is 2.32. The summed E-state index contributed by atoms with van der Waals surface area (Å²) in [6.45, 7) is 0.0428. The lowest BCUT2D eigenvalue weighted by Gasteiger charge is -2.19. The molecule has 1 amide bonds. The molecule has 30 heavy (non-hydrogen) atoms. The quantitative estimate of drug-likeness (QED) is 0.439. The Labute approximate surface area is 176 Å². The Bertz CT molecular complexity index is 1150. The van der Waals surface area contributed by atoms with Crippen molar-refractivity contribution in [3.8, 4) is 11.5 Å². The van der Waals surface area contributed by atoms with Crippen LogP contribution in [-0.2, 0) is 11.3 Å². The van der Waals surface area contributed by atoms with Crippen molar-refractivity contribution < 1.29 is 18.7 Å². The van der Waals surface area contributed by atoms with E-state index in [1.807, 2.05) is 36.4 Å². The first kappa shape index (κ1) is 19.8. The molecule has 4 aromatic rings. The third-order valence-electron chi connectivity index (χ3n) is 4.34. The van der Waals surface area contributed by atoms with Crippen LogP contribution in [0.4, 0.5) is 9.52 Å². The lowest BCUT2D eigenvalue weighted by molar-refractivity contribution is -0.120. The van der Waals surface area contributed by atoms with Gasteiger partial charge in [-0.15, -0.1) is 0 Å². The number of methoxy groups -OCH3 is 1. The second kappa shape index (κ2) is 8.87. The minimum atomic E-state index is -0.365. The van der Waals surface area contributed by atoms with Crippen molar-refractivity contribution in [2.75, 3.05) is 18.6 Å². The van der Waals surface area contributed by atoms with E-state index >= 15 is 0 Å². The summed E-state index contributed by atoms with van der Waals surface area (Å²) in [7, 11) is 1.60. The molecule has 2 aromatic carbocycles. The average molecular weight is 423 g/mol. The molecular formula is C22H18FN3O3S. The van der Waals surface area contributed by atoms with E-state index in [9.17, 15) is 9.18 Å². The number of benzene rings is 2. The van der Waals surface area contributed by atoms with Gasteiger partial charge in [-0.25, -0.2) is 9.37 Å². The topological polar surface area (TPSA) is 64.5 Å². The molecule has 0 radical (unpaired) electrons. The van der Waals surface area contributed by atoms with Crippen LogP contribution in [0.15, 0.2) is 66.9 Å². The average Bonchev–Trinajstić information content (AvgIpc) is 3.20. The number of ether oxygens (including phenoxy) is 2. The van der Waals surface area contributed by atoms with Crippen molar-refractivity contribution in [2.24, 2.45) is 0 Å². The Kier molecular flexibility index (Phi) is 5.85. The van der Waals surface area contributed by atoms with Crippen LogP contribution in [0.3, 0.4) is 0 Å². The number of hydrogen-bond donors (Lipinski definition) is 0. The molecule has 0 aliphatic rings. The SMILES string of the molecule is COc1ccc2nc(N(Cc3ccccn3)C(=O)COc3ccc(F)cc3)sc2c1. The summed E-state index contributed by atoms with van der Waals surface area (Å²) in [5.74, 6) is 0.489. The Balaban J connectivity index is 1.60. The van der Waals surface area contributed by atoms with Crippen LogP contribution >= 0.6 is 11.3 Å². The molecule has 4 rings (SSSR count). The number of carbonyl (C=O) groups excluding carboxylic acids is 1. The van der Waals surface area contributed by atoms with E-state index in [0.29, 0.717) is 10.9 Å². The van der Waals surface area contributed by atoms with Crippen LogP contribution in [0, 0.1) is 5.82 Å². The first-order chi connectivity index (χ1) is 14.6. The van der Waals surface area contributed by atoms with Crippen LogP contribution in [0.5, 0.6) is 11.5 Å². The van der Waals surface area contributed by atoms with E-state index < -0.39 is 0 Å². The fourth-order valence-electron chi connectivity index (χ4n) is 2.81. The molecule has 0 bridgehead atoms. The zero-order valence-corrected chi connectivity index (χ0v) is 16.9. The highest BCUT2D eigenvalue weighted by molar-refractivity contribution is 7.22. The number of thiazole rings is 1. The summed E-state index contributed by atoms with van der Waals surface area (Å²) < 4.78 is 24.8. The van der Waals surface area contributed by atoms with Gasteiger partial charge in [0.2, 0.25) is 0 Å². The largest absolute Gasteiger partial charge is 0.497 e. The number of hydrogen-bond acceptors (Lipinski definition) is 6. The molecule has 2 heterocycles. The molecule has 0 aliphatic heterocycles. The Hall–Kier alpha value is -3.52. The number of halogens is 1. The van der Waals surface area contributed by atoms with Crippen LogP contribution in [0.2, 0.25) is 0 Å². The summed E-state index contributed by atoms with van der Waals surface area (Å²) in [5.41, 5.74) is 1.50. The van der Waals surface area contributed by atoms with Gasteiger partial charge >= 0.3 is 0 Å². The predicted molar refractivity (Wildman–Crippen MR) is 113 cm³/mol. The zero-order valence-electron chi connectivity index (χ0n) is 16.1. The normalized spacial score (nSPS) is 10.7. The minimum Gasteiger partial charge on any atom is -0.497 e. The first-order valence-electron chi connectivity index (χ1n) is 9.15. The van der Waals surface area contributed by atoms with E-state index in [2.05, 4.69) is 9.97 Å². The maximum atomic E-state index is 13.1. The van der Waals surface area contributed by atoms with Gasteiger partial charge in [-0.2, -0.15) is 0 Å². The molecule has 8 heteroatoms. The predicted octanol–water partition coefficient (Wildman–Crippen LogP) is 4.45. The van der Waals surface area contributed by atoms with E-state index in [4.69, 9.17) is 9.47 Å². The fraction of sp³-hybridized carbons (Fsp3) is 0.136. The molecule has 0 spiro atoms.